The topological polar surface area (TPSA) is 111 Å². The first-order valence-corrected chi connectivity index (χ1v) is 10.0. The minimum atomic E-state index is -3.60. The van der Waals surface area contributed by atoms with Crippen LogP contribution in [0.2, 0.25) is 0 Å². The maximum Gasteiger partial charge on any atom is 0.320 e. The molecule has 2 fully saturated rings. The second-order valence-electron chi connectivity index (χ2n) is 6.46. The van der Waals surface area contributed by atoms with Gasteiger partial charge < -0.3 is 14.9 Å². The molecule has 2 saturated heterocycles. The summed E-state index contributed by atoms with van der Waals surface area (Å²) in [6.07, 6.45) is 3.75. The summed E-state index contributed by atoms with van der Waals surface area (Å²) >= 11 is 0. The number of hydrogen-bond donors (Lipinski definition) is 1. The van der Waals surface area contributed by atoms with Crippen LogP contribution in [0.3, 0.4) is 0 Å². The first-order valence-electron chi connectivity index (χ1n) is 8.56. The number of carbonyl (C=O) groups is 2. The van der Waals surface area contributed by atoms with E-state index in [4.69, 9.17) is 5.11 Å². The van der Waals surface area contributed by atoms with Crippen molar-refractivity contribution in [1.29, 1.82) is 0 Å². The predicted octanol–water partition coefficient (Wildman–Crippen LogP) is 0.305. The first-order chi connectivity index (χ1) is 12.4. The molecule has 26 heavy (non-hydrogen) atoms. The molecule has 0 spiro atoms. The zero-order valence-electron chi connectivity index (χ0n) is 14.3. The maximum absolute atomic E-state index is 12.6. The van der Waals surface area contributed by atoms with Crippen molar-refractivity contribution in [3.05, 3.63) is 24.5 Å². The van der Waals surface area contributed by atoms with Gasteiger partial charge in [-0.05, 0) is 25.0 Å². The summed E-state index contributed by atoms with van der Waals surface area (Å²) in [4.78, 5) is 30.9. The van der Waals surface area contributed by atoms with Gasteiger partial charge in [0, 0.05) is 51.7 Å². The van der Waals surface area contributed by atoms with Gasteiger partial charge in [-0.1, -0.05) is 0 Å². The van der Waals surface area contributed by atoms with Crippen molar-refractivity contribution in [2.45, 2.75) is 17.7 Å². The number of carboxylic acids is 1. The third kappa shape index (κ3) is 3.80. The summed E-state index contributed by atoms with van der Waals surface area (Å²) in [7, 11) is -3.60. The van der Waals surface area contributed by atoms with Crippen LogP contribution in [-0.2, 0) is 14.8 Å². The Hall–Kier alpha value is -2.20. The molecule has 142 valence electrons. The molecule has 0 atom stereocenters. The number of nitrogens with zero attached hydrogens (tertiary/aromatic N) is 4. The van der Waals surface area contributed by atoms with E-state index in [2.05, 4.69) is 4.98 Å². The number of hydrogen-bond acceptors (Lipinski definition) is 5. The molecular formula is C16H22N4O5S. The monoisotopic (exact) mass is 382 g/mol. The highest BCUT2D eigenvalue weighted by atomic mass is 32.2. The average Bonchev–Trinajstić information content (AvgIpc) is 2.68. The lowest BCUT2D eigenvalue weighted by Gasteiger charge is -2.38. The summed E-state index contributed by atoms with van der Waals surface area (Å²) in [5, 5.41) is 9.03. The van der Waals surface area contributed by atoms with Crippen LogP contribution in [-0.4, -0.2) is 83.9 Å². The van der Waals surface area contributed by atoms with Crippen molar-refractivity contribution >= 4 is 22.0 Å². The molecular weight excluding hydrogens is 360 g/mol. The molecule has 0 unspecified atom stereocenters. The lowest BCUT2D eigenvalue weighted by molar-refractivity contribution is -0.143. The zero-order valence-corrected chi connectivity index (χ0v) is 15.1. The second-order valence-corrected chi connectivity index (χ2v) is 8.40. The van der Waals surface area contributed by atoms with Crippen LogP contribution in [0.5, 0.6) is 0 Å². The molecule has 1 N–H and O–H groups in total. The Kier molecular flexibility index (Phi) is 5.42. The SMILES string of the molecule is O=C(O)C1CCN(C(=O)N2CCN(S(=O)(=O)c3cccnc3)CC2)CC1. The van der Waals surface area contributed by atoms with E-state index in [0.29, 0.717) is 39.0 Å². The Morgan fingerprint density at radius 1 is 1.04 bits per heavy atom. The van der Waals surface area contributed by atoms with Crippen molar-refractivity contribution in [2.75, 3.05) is 39.3 Å². The molecule has 0 radical (unpaired) electrons. The quantitative estimate of drug-likeness (QED) is 0.805. The van der Waals surface area contributed by atoms with Crippen LogP contribution in [0.4, 0.5) is 4.79 Å². The molecule has 10 heteroatoms. The average molecular weight is 382 g/mol. The highest BCUT2D eigenvalue weighted by Gasteiger charge is 2.33. The fourth-order valence-electron chi connectivity index (χ4n) is 3.29. The number of piperidine rings is 1. The van der Waals surface area contributed by atoms with Gasteiger partial charge in [-0.15, -0.1) is 0 Å². The molecule has 2 amide bonds. The molecule has 3 rings (SSSR count). The lowest BCUT2D eigenvalue weighted by atomic mass is 9.97. The van der Waals surface area contributed by atoms with Gasteiger partial charge in [0.1, 0.15) is 4.90 Å². The third-order valence-electron chi connectivity index (χ3n) is 4.90. The number of pyridine rings is 1. The van der Waals surface area contributed by atoms with Crippen LogP contribution in [0.15, 0.2) is 29.4 Å². The molecule has 0 saturated carbocycles. The van der Waals surface area contributed by atoms with Crippen LogP contribution in [0.1, 0.15) is 12.8 Å². The Balaban J connectivity index is 1.55. The molecule has 9 nitrogen and oxygen atoms in total. The van der Waals surface area contributed by atoms with E-state index in [-0.39, 0.29) is 29.9 Å². The minimum Gasteiger partial charge on any atom is -0.481 e. The fourth-order valence-corrected chi connectivity index (χ4v) is 4.67. The highest BCUT2D eigenvalue weighted by Crippen LogP contribution is 2.20. The molecule has 2 aliphatic heterocycles. The van der Waals surface area contributed by atoms with Crippen LogP contribution >= 0.6 is 0 Å². The smallest absolute Gasteiger partial charge is 0.320 e. The molecule has 1 aromatic heterocycles. The van der Waals surface area contributed by atoms with Crippen LogP contribution < -0.4 is 0 Å². The van der Waals surface area contributed by atoms with Gasteiger partial charge >= 0.3 is 12.0 Å². The van der Waals surface area contributed by atoms with Gasteiger partial charge in [-0.2, -0.15) is 4.31 Å². The molecule has 0 aliphatic carbocycles. The normalized spacial score (nSPS) is 20.2. The standard InChI is InChI=1S/C16H22N4O5S/c21-15(22)13-3-6-18(7-4-13)16(23)19-8-10-20(11-9-19)26(24,25)14-2-1-5-17-12-14/h1-2,5,12-13H,3-4,6-11H2,(H,21,22). The lowest BCUT2D eigenvalue weighted by Crippen LogP contribution is -2.55. The van der Waals surface area contributed by atoms with Crippen molar-refractivity contribution in [3.63, 3.8) is 0 Å². The summed E-state index contributed by atoms with van der Waals surface area (Å²) in [6.45, 7) is 1.94. The van der Waals surface area contributed by atoms with Gasteiger partial charge in [0.25, 0.3) is 0 Å². The fraction of sp³-hybridized carbons (Fsp3) is 0.562. The number of aliphatic carboxylic acids is 1. The largest absolute Gasteiger partial charge is 0.481 e. The number of amides is 2. The Bertz CT molecular complexity index is 754. The van der Waals surface area contributed by atoms with Crippen LogP contribution in [0, 0.1) is 5.92 Å². The predicted molar refractivity (Wildman–Crippen MR) is 91.9 cm³/mol. The number of carbonyl (C=O) groups excluding carboxylic acids is 1. The number of likely N-dealkylation sites (tertiary alicyclic amines) is 1. The highest BCUT2D eigenvalue weighted by molar-refractivity contribution is 7.89. The van der Waals surface area contributed by atoms with E-state index in [1.165, 1.54) is 22.8 Å². The van der Waals surface area contributed by atoms with E-state index in [1.54, 1.807) is 15.9 Å². The summed E-state index contributed by atoms with van der Waals surface area (Å²) in [6, 6.07) is 2.94. The van der Waals surface area contributed by atoms with Gasteiger partial charge in [0.05, 0.1) is 5.92 Å². The summed E-state index contributed by atoms with van der Waals surface area (Å²) < 4.78 is 26.5. The van der Waals surface area contributed by atoms with Crippen LogP contribution in [0.25, 0.3) is 0 Å². The number of rotatable bonds is 3. The molecule has 3 heterocycles. The van der Waals surface area contributed by atoms with Gasteiger partial charge in [0.15, 0.2) is 0 Å². The van der Waals surface area contributed by atoms with Gasteiger partial charge in [-0.3, -0.25) is 9.78 Å². The summed E-state index contributed by atoms with van der Waals surface area (Å²) in [5.74, 6) is -1.20. The Morgan fingerprint density at radius 3 is 2.19 bits per heavy atom. The van der Waals surface area contributed by atoms with E-state index in [0.717, 1.165) is 0 Å². The maximum atomic E-state index is 12.6. The van der Waals surface area contributed by atoms with E-state index >= 15 is 0 Å². The molecule has 0 aromatic carbocycles. The number of sulfonamides is 1. The van der Waals surface area contributed by atoms with Gasteiger partial charge in [-0.25, -0.2) is 13.2 Å². The Labute approximate surface area is 152 Å². The minimum absolute atomic E-state index is 0.146. The number of carboxylic acid groups (broad SMARTS) is 1. The summed E-state index contributed by atoms with van der Waals surface area (Å²) in [5.41, 5.74) is 0. The van der Waals surface area contributed by atoms with Crippen molar-refractivity contribution in [2.24, 2.45) is 5.92 Å². The van der Waals surface area contributed by atoms with E-state index in [1.807, 2.05) is 0 Å². The number of piperazine rings is 1. The van der Waals surface area contributed by atoms with Crippen molar-refractivity contribution in [3.8, 4) is 0 Å². The number of urea groups is 1. The van der Waals surface area contributed by atoms with Crippen molar-refractivity contribution < 1.29 is 23.1 Å². The first kappa shape index (κ1) is 18.6. The molecule has 2 aliphatic rings. The van der Waals surface area contributed by atoms with Crippen molar-refractivity contribution in [1.82, 2.24) is 19.1 Å². The third-order valence-corrected chi connectivity index (χ3v) is 6.78. The number of aromatic nitrogens is 1. The second kappa shape index (κ2) is 7.58. The Morgan fingerprint density at radius 2 is 1.65 bits per heavy atom. The zero-order chi connectivity index (χ0) is 18.7. The molecule has 0 bridgehead atoms. The van der Waals surface area contributed by atoms with E-state index in [9.17, 15) is 18.0 Å². The molecule has 1 aromatic rings. The van der Waals surface area contributed by atoms with Gasteiger partial charge in [0.2, 0.25) is 10.0 Å². The van der Waals surface area contributed by atoms with E-state index < -0.39 is 16.0 Å².